The van der Waals surface area contributed by atoms with Crippen molar-refractivity contribution in [1.82, 2.24) is 0 Å². The summed E-state index contributed by atoms with van der Waals surface area (Å²) in [6.07, 6.45) is 1.56. The Bertz CT molecular complexity index is 415. The normalized spacial score (nSPS) is 11.7. The number of rotatable bonds is 4. The molecule has 3 N–H and O–H groups in total. The molecule has 0 aliphatic rings. The van der Waals surface area contributed by atoms with Gasteiger partial charge in [-0.25, -0.2) is 0 Å². The molecule has 0 saturated carbocycles. The SMILES string of the molecule is CC.CN=CC(Cc1ccc(O)c(O)c1)C(=O)O. The van der Waals surface area contributed by atoms with Gasteiger partial charge in [0.15, 0.2) is 11.5 Å². The lowest BCUT2D eigenvalue weighted by Gasteiger charge is -2.07. The number of carboxylic acid groups (broad SMARTS) is 1. The minimum absolute atomic E-state index is 0.222. The standard InChI is InChI=1S/C11H13NO4.C2H6/c1-12-6-8(11(15)16)4-7-2-3-9(13)10(14)5-7;1-2/h2-3,5-6,8,13-14H,4H2,1H3,(H,15,16);1-2H3. The summed E-state index contributed by atoms with van der Waals surface area (Å²) in [7, 11) is 1.50. The average molecular weight is 253 g/mol. The van der Waals surface area contributed by atoms with E-state index in [0.717, 1.165) is 0 Å². The molecular formula is C13H19NO4. The molecule has 0 fully saturated rings. The lowest BCUT2D eigenvalue weighted by Crippen LogP contribution is -2.17. The Morgan fingerprint density at radius 2 is 1.94 bits per heavy atom. The fourth-order valence-electron chi connectivity index (χ4n) is 1.33. The fourth-order valence-corrected chi connectivity index (χ4v) is 1.33. The summed E-state index contributed by atoms with van der Waals surface area (Å²) in [4.78, 5) is 14.5. The van der Waals surface area contributed by atoms with Gasteiger partial charge < -0.3 is 15.3 Å². The largest absolute Gasteiger partial charge is 0.504 e. The number of aliphatic imine (C=N–C) groups is 1. The second-order valence-corrected chi connectivity index (χ2v) is 3.38. The predicted octanol–water partition coefficient (Wildman–Crippen LogP) is 2.07. The summed E-state index contributed by atoms with van der Waals surface area (Å²) in [5, 5.41) is 27.2. The van der Waals surface area contributed by atoms with Gasteiger partial charge in [-0.05, 0) is 24.1 Å². The third-order valence-electron chi connectivity index (χ3n) is 2.14. The van der Waals surface area contributed by atoms with Crippen LogP contribution >= 0.6 is 0 Å². The van der Waals surface area contributed by atoms with Crippen LogP contribution in [0.15, 0.2) is 23.2 Å². The fraction of sp³-hybridized carbons (Fsp3) is 0.385. The molecule has 1 aromatic rings. The number of aromatic hydroxyl groups is 2. The van der Waals surface area contributed by atoms with Crippen molar-refractivity contribution < 1.29 is 20.1 Å². The first-order chi connectivity index (χ1) is 8.54. The number of nitrogens with zero attached hydrogens (tertiary/aromatic N) is 1. The van der Waals surface area contributed by atoms with Crippen LogP contribution in [0.4, 0.5) is 0 Å². The first-order valence-electron chi connectivity index (χ1n) is 5.70. The molecule has 1 rings (SSSR count). The van der Waals surface area contributed by atoms with Crippen molar-refractivity contribution in [3.8, 4) is 11.5 Å². The van der Waals surface area contributed by atoms with Gasteiger partial charge in [-0.1, -0.05) is 19.9 Å². The topological polar surface area (TPSA) is 90.1 Å². The van der Waals surface area contributed by atoms with Crippen molar-refractivity contribution in [3.63, 3.8) is 0 Å². The molecule has 0 aliphatic heterocycles. The van der Waals surface area contributed by atoms with Gasteiger partial charge in [-0.3, -0.25) is 9.79 Å². The van der Waals surface area contributed by atoms with Crippen LogP contribution in [-0.4, -0.2) is 34.6 Å². The minimum Gasteiger partial charge on any atom is -0.504 e. The van der Waals surface area contributed by atoms with Crippen LogP contribution in [0.25, 0.3) is 0 Å². The van der Waals surface area contributed by atoms with Gasteiger partial charge in [0.2, 0.25) is 0 Å². The third-order valence-corrected chi connectivity index (χ3v) is 2.14. The van der Waals surface area contributed by atoms with E-state index in [9.17, 15) is 9.90 Å². The molecule has 0 saturated heterocycles. The first-order valence-corrected chi connectivity index (χ1v) is 5.70. The molecule has 1 aromatic carbocycles. The molecule has 1 unspecified atom stereocenters. The number of benzene rings is 1. The van der Waals surface area contributed by atoms with Crippen molar-refractivity contribution in [3.05, 3.63) is 23.8 Å². The van der Waals surface area contributed by atoms with Gasteiger partial charge in [-0.15, -0.1) is 0 Å². The van der Waals surface area contributed by atoms with Crippen molar-refractivity contribution in [2.24, 2.45) is 10.9 Å². The number of hydrogen-bond acceptors (Lipinski definition) is 4. The predicted molar refractivity (Wildman–Crippen MR) is 70.4 cm³/mol. The third kappa shape index (κ3) is 4.86. The highest BCUT2D eigenvalue weighted by Gasteiger charge is 2.15. The van der Waals surface area contributed by atoms with Gasteiger partial charge in [0, 0.05) is 13.3 Å². The molecule has 18 heavy (non-hydrogen) atoms. The Morgan fingerprint density at radius 3 is 2.39 bits per heavy atom. The van der Waals surface area contributed by atoms with E-state index in [0.29, 0.717) is 5.56 Å². The lowest BCUT2D eigenvalue weighted by atomic mass is 10.0. The number of aliphatic carboxylic acids is 1. The zero-order chi connectivity index (χ0) is 14.1. The Morgan fingerprint density at radius 1 is 1.33 bits per heavy atom. The number of carbonyl (C=O) groups is 1. The van der Waals surface area contributed by atoms with Gasteiger partial charge in [0.05, 0.1) is 5.92 Å². The maximum atomic E-state index is 10.8. The van der Waals surface area contributed by atoms with Crippen molar-refractivity contribution in [2.75, 3.05) is 7.05 Å². The molecule has 1 atom stereocenters. The number of carboxylic acids is 1. The second kappa shape index (κ2) is 8.11. The van der Waals surface area contributed by atoms with Crippen LogP contribution in [0.5, 0.6) is 11.5 Å². The van der Waals surface area contributed by atoms with Crippen molar-refractivity contribution >= 4 is 12.2 Å². The summed E-state index contributed by atoms with van der Waals surface area (Å²) in [5.41, 5.74) is 0.627. The monoisotopic (exact) mass is 253 g/mol. The molecule has 5 heteroatoms. The summed E-state index contributed by atoms with van der Waals surface area (Å²) < 4.78 is 0. The molecule has 100 valence electrons. The van der Waals surface area contributed by atoms with E-state index >= 15 is 0 Å². The van der Waals surface area contributed by atoms with Crippen molar-refractivity contribution in [2.45, 2.75) is 20.3 Å². The molecular weight excluding hydrogens is 234 g/mol. The summed E-state index contributed by atoms with van der Waals surface area (Å²) in [6.45, 7) is 4.00. The second-order valence-electron chi connectivity index (χ2n) is 3.38. The summed E-state index contributed by atoms with van der Waals surface area (Å²) in [6, 6.07) is 4.23. The summed E-state index contributed by atoms with van der Waals surface area (Å²) in [5.74, 6) is -2.18. The number of phenols is 2. The van der Waals surface area contributed by atoms with Crippen LogP contribution in [0.1, 0.15) is 19.4 Å². The Hall–Kier alpha value is -2.04. The highest BCUT2D eigenvalue weighted by atomic mass is 16.4. The molecule has 0 aromatic heterocycles. The van der Waals surface area contributed by atoms with Crippen LogP contribution < -0.4 is 0 Å². The van der Waals surface area contributed by atoms with Crippen LogP contribution in [0, 0.1) is 5.92 Å². The van der Waals surface area contributed by atoms with Crippen LogP contribution in [0.2, 0.25) is 0 Å². The zero-order valence-electron chi connectivity index (χ0n) is 10.8. The van der Waals surface area contributed by atoms with Crippen LogP contribution in [0.3, 0.4) is 0 Å². The Labute approximate surface area is 106 Å². The molecule has 0 radical (unpaired) electrons. The van der Waals surface area contributed by atoms with E-state index in [4.69, 9.17) is 10.2 Å². The average Bonchev–Trinajstić information content (AvgIpc) is 2.35. The highest BCUT2D eigenvalue weighted by Crippen LogP contribution is 2.25. The van der Waals surface area contributed by atoms with Gasteiger partial charge >= 0.3 is 5.97 Å². The van der Waals surface area contributed by atoms with E-state index in [2.05, 4.69) is 4.99 Å². The van der Waals surface area contributed by atoms with Crippen LogP contribution in [-0.2, 0) is 11.2 Å². The van der Waals surface area contributed by atoms with E-state index in [1.807, 2.05) is 13.8 Å². The van der Waals surface area contributed by atoms with E-state index < -0.39 is 11.9 Å². The zero-order valence-corrected chi connectivity index (χ0v) is 10.8. The minimum atomic E-state index is -0.974. The number of hydrogen-bond donors (Lipinski definition) is 3. The van der Waals surface area contributed by atoms with E-state index in [1.165, 1.54) is 25.4 Å². The Balaban J connectivity index is 0.00000137. The quantitative estimate of drug-likeness (QED) is 0.566. The lowest BCUT2D eigenvalue weighted by molar-refractivity contribution is -0.139. The maximum Gasteiger partial charge on any atom is 0.312 e. The maximum absolute atomic E-state index is 10.8. The molecule has 0 heterocycles. The molecule has 5 nitrogen and oxygen atoms in total. The van der Waals surface area contributed by atoms with Gasteiger partial charge in [0.25, 0.3) is 0 Å². The summed E-state index contributed by atoms with van der Waals surface area (Å²) >= 11 is 0. The highest BCUT2D eigenvalue weighted by molar-refractivity contribution is 5.88. The van der Waals surface area contributed by atoms with Gasteiger partial charge in [-0.2, -0.15) is 0 Å². The van der Waals surface area contributed by atoms with Gasteiger partial charge in [0.1, 0.15) is 0 Å². The Kier molecular flexibility index (Phi) is 7.19. The molecule has 0 bridgehead atoms. The van der Waals surface area contributed by atoms with Crippen molar-refractivity contribution in [1.29, 1.82) is 0 Å². The number of phenolic OH excluding ortho intramolecular Hbond substituents is 2. The van der Waals surface area contributed by atoms with E-state index in [-0.39, 0.29) is 17.9 Å². The molecule has 0 spiro atoms. The van der Waals surface area contributed by atoms with E-state index in [1.54, 1.807) is 6.07 Å². The molecule has 0 aliphatic carbocycles. The smallest absolute Gasteiger partial charge is 0.312 e. The molecule has 0 amide bonds. The first kappa shape index (κ1) is 16.0.